The lowest BCUT2D eigenvalue weighted by molar-refractivity contribution is -0.197. The van der Waals surface area contributed by atoms with Crippen LogP contribution in [-0.2, 0) is 25.0 Å². The van der Waals surface area contributed by atoms with Crippen molar-refractivity contribution in [3.8, 4) is 0 Å². The van der Waals surface area contributed by atoms with Gasteiger partial charge in [0.1, 0.15) is 0 Å². The second kappa shape index (κ2) is 7.79. The highest BCUT2D eigenvalue weighted by molar-refractivity contribution is 7.98. The summed E-state index contributed by atoms with van der Waals surface area (Å²) in [5.74, 6) is -0.107. The lowest BCUT2D eigenvalue weighted by Crippen LogP contribution is -2.32. The molecule has 2 amide bonds. The van der Waals surface area contributed by atoms with Gasteiger partial charge >= 0.3 is 5.97 Å². The number of hydroxylamine groups is 2. The number of carbonyl (C=O) groups is 3. The van der Waals surface area contributed by atoms with Gasteiger partial charge in [0.25, 0.3) is 11.8 Å². The fraction of sp³-hybridized carbons (Fsp3) is 0.312. The highest BCUT2D eigenvalue weighted by atomic mass is 32.2. The molecule has 6 heteroatoms. The Balaban J connectivity index is 1.67. The fourth-order valence-corrected chi connectivity index (χ4v) is 2.78. The van der Waals surface area contributed by atoms with Crippen LogP contribution in [0.2, 0.25) is 0 Å². The first-order chi connectivity index (χ1) is 10.6. The molecule has 116 valence electrons. The second-order valence-electron chi connectivity index (χ2n) is 4.79. The van der Waals surface area contributed by atoms with Gasteiger partial charge in [0.15, 0.2) is 0 Å². The van der Waals surface area contributed by atoms with Crippen LogP contribution >= 0.6 is 11.8 Å². The topological polar surface area (TPSA) is 63.7 Å². The average Bonchev–Trinajstić information content (AvgIpc) is 2.84. The Morgan fingerprint density at radius 2 is 1.86 bits per heavy atom. The highest BCUT2D eigenvalue weighted by Crippen LogP contribution is 2.16. The molecular formula is C16H17NO4S. The fourth-order valence-electron chi connectivity index (χ4n) is 1.90. The van der Waals surface area contributed by atoms with Gasteiger partial charge in [0.2, 0.25) is 0 Å². The van der Waals surface area contributed by atoms with E-state index in [1.54, 1.807) is 17.8 Å². The van der Waals surface area contributed by atoms with E-state index in [0.717, 1.165) is 16.9 Å². The third kappa shape index (κ3) is 4.46. The number of hydrogen-bond donors (Lipinski definition) is 0. The summed E-state index contributed by atoms with van der Waals surface area (Å²) >= 11 is 1.59. The maximum absolute atomic E-state index is 11.6. The van der Waals surface area contributed by atoms with Crippen molar-refractivity contribution in [3.05, 3.63) is 42.0 Å². The lowest BCUT2D eigenvalue weighted by Gasteiger charge is -2.12. The number of nitrogens with zero attached hydrogens (tertiary/aromatic N) is 1. The Morgan fingerprint density at radius 3 is 2.45 bits per heavy atom. The SMILES string of the molecule is C=Cc1ccc(CSCCC(=O)ON2C(=O)CCC2=O)cc1. The van der Waals surface area contributed by atoms with Crippen LogP contribution in [-0.4, -0.2) is 28.6 Å². The molecule has 0 aromatic heterocycles. The summed E-state index contributed by atoms with van der Waals surface area (Å²) in [6.45, 7) is 3.70. The van der Waals surface area contributed by atoms with Gasteiger partial charge in [-0.15, -0.1) is 5.06 Å². The molecule has 1 aliphatic rings. The molecule has 0 N–H and O–H groups in total. The average molecular weight is 319 g/mol. The van der Waals surface area contributed by atoms with Gasteiger partial charge in [0.05, 0.1) is 6.42 Å². The molecule has 0 spiro atoms. The predicted octanol–water partition coefficient (Wildman–Crippen LogP) is 2.56. The summed E-state index contributed by atoms with van der Waals surface area (Å²) in [4.78, 5) is 39.0. The van der Waals surface area contributed by atoms with Crippen molar-refractivity contribution in [2.24, 2.45) is 0 Å². The zero-order valence-corrected chi connectivity index (χ0v) is 12.9. The van der Waals surface area contributed by atoms with E-state index in [4.69, 9.17) is 4.84 Å². The quantitative estimate of drug-likeness (QED) is 0.571. The first kappa shape index (κ1) is 16.3. The molecule has 0 atom stereocenters. The third-order valence-electron chi connectivity index (χ3n) is 3.13. The van der Waals surface area contributed by atoms with Crippen LogP contribution < -0.4 is 0 Å². The Labute approximate surface area is 133 Å². The molecule has 0 saturated carbocycles. The van der Waals surface area contributed by atoms with Gasteiger partial charge < -0.3 is 4.84 Å². The Kier molecular flexibility index (Phi) is 5.77. The molecule has 0 bridgehead atoms. The van der Waals surface area contributed by atoms with Crippen molar-refractivity contribution in [1.82, 2.24) is 5.06 Å². The summed E-state index contributed by atoms with van der Waals surface area (Å²) in [6, 6.07) is 8.01. The molecule has 5 nitrogen and oxygen atoms in total. The van der Waals surface area contributed by atoms with Crippen molar-refractivity contribution < 1.29 is 19.2 Å². The molecule has 1 aliphatic heterocycles. The number of thioether (sulfide) groups is 1. The number of carbonyl (C=O) groups excluding carboxylic acids is 3. The second-order valence-corrected chi connectivity index (χ2v) is 5.90. The summed E-state index contributed by atoms with van der Waals surface area (Å²) in [5, 5.41) is 0.584. The van der Waals surface area contributed by atoms with E-state index < -0.39 is 17.8 Å². The molecule has 1 aromatic carbocycles. The molecule has 1 aromatic rings. The molecule has 1 fully saturated rings. The first-order valence-electron chi connectivity index (χ1n) is 6.96. The van der Waals surface area contributed by atoms with Crippen LogP contribution in [0.1, 0.15) is 30.4 Å². The summed E-state index contributed by atoms with van der Waals surface area (Å²) in [5.41, 5.74) is 2.23. The number of amides is 2. The van der Waals surface area contributed by atoms with Crippen molar-refractivity contribution >= 4 is 35.6 Å². The maximum atomic E-state index is 11.6. The van der Waals surface area contributed by atoms with Crippen molar-refractivity contribution in [2.75, 3.05) is 5.75 Å². The Morgan fingerprint density at radius 1 is 1.23 bits per heavy atom. The summed E-state index contributed by atoms with van der Waals surface area (Å²) < 4.78 is 0. The Hall–Kier alpha value is -2.08. The lowest BCUT2D eigenvalue weighted by atomic mass is 10.1. The van der Waals surface area contributed by atoms with E-state index in [1.165, 1.54) is 0 Å². The van der Waals surface area contributed by atoms with Crippen LogP contribution in [0.4, 0.5) is 0 Å². The van der Waals surface area contributed by atoms with E-state index in [9.17, 15) is 14.4 Å². The van der Waals surface area contributed by atoms with Gasteiger partial charge in [-0.1, -0.05) is 36.9 Å². The number of rotatable bonds is 7. The van der Waals surface area contributed by atoms with E-state index >= 15 is 0 Å². The van der Waals surface area contributed by atoms with Crippen molar-refractivity contribution in [2.45, 2.75) is 25.0 Å². The van der Waals surface area contributed by atoms with Crippen LogP contribution in [0, 0.1) is 0 Å². The van der Waals surface area contributed by atoms with E-state index in [2.05, 4.69) is 6.58 Å². The smallest absolute Gasteiger partial charge is 0.330 e. The van der Waals surface area contributed by atoms with Crippen LogP contribution in [0.5, 0.6) is 0 Å². The minimum atomic E-state index is -0.557. The molecule has 22 heavy (non-hydrogen) atoms. The maximum Gasteiger partial charge on any atom is 0.334 e. The normalized spacial score (nSPS) is 14.3. The number of benzene rings is 1. The van der Waals surface area contributed by atoms with Gasteiger partial charge in [-0.2, -0.15) is 11.8 Å². The summed E-state index contributed by atoms with van der Waals surface area (Å²) in [7, 11) is 0. The highest BCUT2D eigenvalue weighted by Gasteiger charge is 2.32. The minimum Gasteiger partial charge on any atom is -0.330 e. The Bertz CT molecular complexity index is 566. The van der Waals surface area contributed by atoms with Crippen molar-refractivity contribution in [1.29, 1.82) is 0 Å². The van der Waals surface area contributed by atoms with Crippen LogP contribution in [0.15, 0.2) is 30.8 Å². The van der Waals surface area contributed by atoms with E-state index in [1.807, 2.05) is 24.3 Å². The van der Waals surface area contributed by atoms with Gasteiger partial charge in [-0.05, 0) is 11.1 Å². The van der Waals surface area contributed by atoms with E-state index in [-0.39, 0.29) is 19.3 Å². The molecule has 1 heterocycles. The largest absolute Gasteiger partial charge is 0.334 e. The molecular weight excluding hydrogens is 302 g/mol. The van der Waals surface area contributed by atoms with Gasteiger partial charge in [-0.25, -0.2) is 4.79 Å². The standard InChI is InChI=1S/C16H17NO4S/c1-2-12-3-5-13(6-4-12)11-22-10-9-16(20)21-17-14(18)7-8-15(17)19/h2-6H,1,7-11H2. The molecule has 0 aliphatic carbocycles. The molecule has 0 radical (unpaired) electrons. The molecule has 1 saturated heterocycles. The predicted molar refractivity (Wildman–Crippen MR) is 84.5 cm³/mol. The zero-order chi connectivity index (χ0) is 15.9. The van der Waals surface area contributed by atoms with Gasteiger partial charge in [-0.3, -0.25) is 9.59 Å². The zero-order valence-electron chi connectivity index (χ0n) is 12.1. The van der Waals surface area contributed by atoms with Gasteiger partial charge in [0, 0.05) is 24.3 Å². The third-order valence-corrected chi connectivity index (χ3v) is 4.16. The molecule has 0 unspecified atom stereocenters. The monoisotopic (exact) mass is 319 g/mol. The number of hydrogen-bond acceptors (Lipinski definition) is 5. The first-order valence-corrected chi connectivity index (χ1v) is 8.11. The minimum absolute atomic E-state index is 0.113. The summed E-state index contributed by atoms with van der Waals surface area (Å²) in [6.07, 6.45) is 2.17. The van der Waals surface area contributed by atoms with Crippen LogP contribution in [0.3, 0.4) is 0 Å². The molecule has 2 rings (SSSR count). The van der Waals surface area contributed by atoms with E-state index in [0.29, 0.717) is 10.8 Å². The van der Waals surface area contributed by atoms with Crippen molar-refractivity contribution in [3.63, 3.8) is 0 Å². The number of imide groups is 1. The van der Waals surface area contributed by atoms with Crippen LogP contribution in [0.25, 0.3) is 6.08 Å².